The number of hydrogen-bond donors (Lipinski definition) is 0. The van der Waals surface area contributed by atoms with Crippen molar-refractivity contribution in [3.8, 4) is 0 Å². The Balaban J connectivity index is 2.64. The normalized spacial score (nSPS) is 31.4. The molecule has 0 saturated carbocycles. The Morgan fingerprint density at radius 2 is 2.36 bits per heavy atom. The van der Waals surface area contributed by atoms with Gasteiger partial charge in [-0.3, -0.25) is 4.79 Å². The fourth-order valence-electron chi connectivity index (χ4n) is 1.35. The van der Waals surface area contributed by atoms with Crippen LogP contribution in [-0.4, -0.2) is 18.0 Å². The number of ketones is 1. The molecule has 2 atom stereocenters. The molecule has 11 heavy (non-hydrogen) atoms. The monoisotopic (exact) mass is 154 g/mol. The first-order valence-corrected chi connectivity index (χ1v) is 3.93. The Morgan fingerprint density at radius 1 is 1.73 bits per heavy atom. The maximum atomic E-state index is 10.9. The van der Waals surface area contributed by atoms with E-state index in [1.54, 1.807) is 6.92 Å². The minimum atomic E-state index is -0.199. The molecule has 0 aliphatic carbocycles. The molecular formula is C9H14O2. The van der Waals surface area contributed by atoms with Crippen LogP contribution in [0.25, 0.3) is 0 Å². The van der Waals surface area contributed by atoms with Crippen molar-refractivity contribution < 1.29 is 9.53 Å². The lowest BCUT2D eigenvalue weighted by Crippen LogP contribution is -2.29. The van der Waals surface area contributed by atoms with E-state index in [0.29, 0.717) is 0 Å². The van der Waals surface area contributed by atoms with E-state index in [9.17, 15) is 4.79 Å². The van der Waals surface area contributed by atoms with Crippen molar-refractivity contribution in [1.29, 1.82) is 0 Å². The molecule has 2 nitrogen and oxygen atoms in total. The molecule has 0 amide bonds. The van der Waals surface area contributed by atoms with Crippen LogP contribution in [0.3, 0.4) is 0 Å². The molecule has 1 rings (SSSR count). The van der Waals surface area contributed by atoms with Gasteiger partial charge < -0.3 is 4.74 Å². The standard InChI is InChI=1S/C9H14O2/c1-6-4-7(2)11-9(5-6)8(3)10/h4,7,9H,5H2,1-3H3/t7-,9-/m1/s1. The molecule has 0 aromatic carbocycles. The lowest BCUT2D eigenvalue weighted by Gasteiger charge is -2.24. The summed E-state index contributed by atoms with van der Waals surface area (Å²) in [7, 11) is 0. The van der Waals surface area contributed by atoms with E-state index in [4.69, 9.17) is 4.74 Å². The summed E-state index contributed by atoms with van der Waals surface area (Å²) >= 11 is 0. The van der Waals surface area contributed by atoms with E-state index in [2.05, 4.69) is 6.08 Å². The highest BCUT2D eigenvalue weighted by Gasteiger charge is 2.21. The van der Waals surface area contributed by atoms with Crippen LogP contribution in [0.4, 0.5) is 0 Å². The Kier molecular flexibility index (Phi) is 2.45. The third-order valence-electron chi connectivity index (χ3n) is 1.86. The van der Waals surface area contributed by atoms with Gasteiger partial charge in [0.2, 0.25) is 0 Å². The largest absolute Gasteiger partial charge is 0.363 e. The molecule has 0 aromatic heterocycles. The lowest BCUT2D eigenvalue weighted by molar-refractivity contribution is -0.130. The van der Waals surface area contributed by atoms with E-state index in [-0.39, 0.29) is 18.0 Å². The molecule has 0 fully saturated rings. The second-order valence-electron chi connectivity index (χ2n) is 3.16. The number of hydrogen-bond acceptors (Lipinski definition) is 2. The quantitative estimate of drug-likeness (QED) is 0.537. The maximum Gasteiger partial charge on any atom is 0.158 e. The second kappa shape index (κ2) is 3.18. The highest BCUT2D eigenvalue weighted by atomic mass is 16.5. The Bertz CT molecular complexity index is 194. The minimum Gasteiger partial charge on any atom is -0.363 e. The summed E-state index contributed by atoms with van der Waals surface area (Å²) < 4.78 is 5.39. The SMILES string of the molecule is CC(=O)[C@H]1CC(C)=C[C@@H](C)O1. The van der Waals surface area contributed by atoms with Gasteiger partial charge >= 0.3 is 0 Å². The zero-order valence-corrected chi connectivity index (χ0v) is 7.26. The van der Waals surface area contributed by atoms with Crippen molar-refractivity contribution in [3.05, 3.63) is 11.6 Å². The summed E-state index contributed by atoms with van der Waals surface area (Å²) in [4.78, 5) is 10.9. The Labute approximate surface area is 67.2 Å². The van der Waals surface area contributed by atoms with E-state index in [1.807, 2.05) is 13.8 Å². The molecule has 0 unspecified atom stereocenters. The summed E-state index contributed by atoms with van der Waals surface area (Å²) in [6.45, 7) is 5.57. The molecule has 0 radical (unpaired) electrons. The fraction of sp³-hybridized carbons (Fsp3) is 0.667. The lowest BCUT2D eigenvalue weighted by atomic mass is 10.0. The zero-order valence-electron chi connectivity index (χ0n) is 7.26. The van der Waals surface area contributed by atoms with Gasteiger partial charge in [0.05, 0.1) is 6.10 Å². The average Bonchev–Trinajstić information content (AvgIpc) is 1.85. The van der Waals surface area contributed by atoms with Gasteiger partial charge in [0, 0.05) is 6.42 Å². The highest BCUT2D eigenvalue weighted by molar-refractivity contribution is 5.80. The van der Waals surface area contributed by atoms with E-state index < -0.39 is 0 Å². The summed E-state index contributed by atoms with van der Waals surface area (Å²) in [6, 6.07) is 0. The molecule has 0 N–H and O–H groups in total. The van der Waals surface area contributed by atoms with Crippen molar-refractivity contribution in [2.24, 2.45) is 0 Å². The number of Topliss-reactive ketones (excluding diaryl/α,β-unsaturated/α-hetero) is 1. The first kappa shape index (κ1) is 8.47. The van der Waals surface area contributed by atoms with Crippen molar-refractivity contribution >= 4 is 5.78 Å². The predicted molar refractivity (Wildman–Crippen MR) is 43.4 cm³/mol. The van der Waals surface area contributed by atoms with Crippen LogP contribution in [0.1, 0.15) is 27.2 Å². The maximum absolute atomic E-state index is 10.9. The van der Waals surface area contributed by atoms with Gasteiger partial charge in [-0.1, -0.05) is 11.6 Å². The molecule has 62 valence electrons. The van der Waals surface area contributed by atoms with Crippen LogP contribution in [-0.2, 0) is 9.53 Å². The third-order valence-corrected chi connectivity index (χ3v) is 1.86. The highest BCUT2D eigenvalue weighted by Crippen LogP contribution is 2.18. The zero-order chi connectivity index (χ0) is 8.43. The summed E-state index contributed by atoms with van der Waals surface area (Å²) in [5, 5.41) is 0. The Hall–Kier alpha value is -0.630. The molecule has 1 aliphatic heterocycles. The van der Waals surface area contributed by atoms with E-state index in [0.717, 1.165) is 6.42 Å². The van der Waals surface area contributed by atoms with E-state index in [1.165, 1.54) is 5.57 Å². The molecule has 2 heteroatoms. The van der Waals surface area contributed by atoms with E-state index >= 15 is 0 Å². The number of carbonyl (C=O) groups excluding carboxylic acids is 1. The average molecular weight is 154 g/mol. The second-order valence-corrected chi connectivity index (χ2v) is 3.16. The van der Waals surface area contributed by atoms with Crippen LogP contribution in [0.2, 0.25) is 0 Å². The van der Waals surface area contributed by atoms with Gasteiger partial charge in [-0.2, -0.15) is 0 Å². The van der Waals surface area contributed by atoms with Gasteiger partial charge in [-0.05, 0) is 20.8 Å². The van der Waals surface area contributed by atoms with Crippen molar-refractivity contribution in [2.45, 2.75) is 39.4 Å². The van der Waals surface area contributed by atoms with Gasteiger partial charge in [-0.15, -0.1) is 0 Å². The summed E-state index contributed by atoms with van der Waals surface area (Å²) in [5.74, 6) is 0.129. The van der Waals surface area contributed by atoms with Crippen LogP contribution >= 0.6 is 0 Å². The van der Waals surface area contributed by atoms with Crippen LogP contribution in [0.15, 0.2) is 11.6 Å². The predicted octanol–water partition coefficient (Wildman–Crippen LogP) is 1.70. The molecule has 0 aromatic rings. The minimum absolute atomic E-state index is 0.0950. The first-order valence-electron chi connectivity index (χ1n) is 3.93. The van der Waals surface area contributed by atoms with Crippen molar-refractivity contribution in [3.63, 3.8) is 0 Å². The molecule has 0 bridgehead atoms. The molecule has 1 heterocycles. The fourth-order valence-corrected chi connectivity index (χ4v) is 1.35. The van der Waals surface area contributed by atoms with Gasteiger partial charge in [-0.25, -0.2) is 0 Å². The summed E-state index contributed by atoms with van der Waals surface area (Å²) in [5.41, 5.74) is 1.25. The Morgan fingerprint density at radius 3 is 2.82 bits per heavy atom. The van der Waals surface area contributed by atoms with Crippen molar-refractivity contribution in [2.75, 3.05) is 0 Å². The smallest absolute Gasteiger partial charge is 0.158 e. The molecule has 0 spiro atoms. The molecule has 0 saturated heterocycles. The van der Waals surface area contributed by atoms with Gasteiger partial charge in [0.1, 0.15) is 6.10 Å². The molecule has 1 aliphatic rings. The summed E-state index contributed by atoms with van der Waals surface area (Å²) in [6.07, 6.45) is 2.71. The topological polar surface area (TPSA) is 26.3 Å². The van der Waals surface area contributed by atoms with Gasteiger partial charge in [0.25, 0.3) is 0 Å². The van der Waals surface area contributed by atoms with Crippen LogP contribution in [0, 0.1) is 0 Å². The number of ether oxygens (including phenoxy) is 1. The third kappa shape index (κ3) is 2.15. The number of rotatable bonds is 1. The van der Waals surface area contributed by atoms with Crippen molar-refractivity contribution in [1.82, 2.24) is 0 Å². The van der Waals surface area contributed by atoms with Crippen LogP contribution in [0.5, 0.6) is 0 Å². The number of carbonyl (C=O) groups is 1. The van der Waals surface area contributed by atoms with Crippen LogP contribution < -0.4 is 0 Å². The van der Waals surface area contributed by atoms with Gasteiger partial charge in [0.15, 0.2) is 5.78 Å². The first-order chi connectivity index (χ1) is 5.09. The molecular weight excluding hydrogens is 140 g/mol.